The number of amides is 1. The first-order valence-electron chi connectivity index (χ1n) is 13.6. The molecule has 204 valence electrons. The Morgan fingerprint density at radius 3 is 2.68 bits per heavy atom. The number of rotatable bonds is 8. The summed E-state index contributed by atoms with van der Waals surface area (Å²) in [6.45, 7) is 7.78. The van der Waals surface area contributed by atoms with Gasteiger partial charge in [-0.05, 0) is 88.6 Å². The van der Waals surface area contributed by atoms with E-state index in [2.05, 4.69) is 22.5 Å². The smallest absolute Gasteiger partial charge is 0.258 e. The minimum absolute atomic E-state index is 0.0343. The van der Waals surface area contributed by atoms with Crippen molar-refractivity contribution in [3.63, 3.8) is 0 Å². The fraction of sp³-hybridized carbons (Fsp3) is 0.500. The van der Waals surface area contributed by atoms with Crippen molar-refractivity contribution in [2.45, 2.75) is 83.6 Å². The predicted octanol–water partition coefficient (Wildman–Crippen LogP) is 5.52. The molecule has 0 unspecified atom stereocenters. The molecule has 1 aliphatic heterocycles. The van der Waals surface area contributed by atoms with Gasteiger partial charge in [-0.1, -0.05) is 6.07 Å². The van der Waals surface area contributed by atoms with Crippen molar-refractivity contribution in [2.24, 2.45) is 0 Å². The van der Waals surface area contributed by atoms with Gasteiger partial charge in [0, 0.05) is 42.0 Å². The number of aliphatic hydroxyl groups is 1. The summed E-state index contributed by atoms with van der Waals surface area (Å²) in [5.41, 5.74) is 4.19. The van der Waals surface area contributed by atoms with Crippen LogP contribution in [0.1, 0.15) is 72.6 Å². The van der Waals surface area contributed by atoms with E-state index in [0.29, 0.717) is 30.6 Å². The second-order valence-corrected chi connectivity index (χ2v) is 11.1. The summed E-state index contributed by atoms with van der Waals surface area (Å²) in [6.07, 6.45) is 5.53. The number of aromatic nitrogens is 1. The summed E-state index contributed by atoms with van der Waals surface area (Å²) in [5.74, 6) is -0.748. The Bertz CT molecular complexity index is 1300. The van der Waals surface area contributed by atoms with E-state index in [1.165, 1.54) is 17.7 Å². The van der Waals surface area contributed by atoms with Gasteiger partial charge in [-0.3, -0.25) is 4.79 Å². The van der Waals surface area contributed by atoms with Crippen LogP contribution in [0.2, 0.25) is 0 Å². The maximum Gasteiger partial charge on any atom is 0.258 e. The standard InChI is InChI=1S/C30H38FN3O4/c1-18-23-8-9-26(19(2)28(23)33-27(18)16-32-20-10-12-30(3,36)13-11-20)34-29(35)24-7-6-21(15-25(24)31)38-17-22-5-4-14-37-22/h6-9,15,20,22,32-33,36H,4-5,10-14,16-17H2,1-3H3,(H,34,35)/t20-,22-,30-/m0/s1. The number of benzene rings is 2. The van der Waals surface area contributed by atoms with Crippen LogP contribution in [0, 0.1) is 19.7 Å². The van der Waals surface area contributed by atoms with Crippen LogP contribution in [0.15, 0.2) is 30.3 Å². The highest BCUT2D eigenvalue weighted by Crippen LogP contribution is 2.31. The van der Waals surface area contributed by atoms with Gasteiger partial charge in [0.15, 0.2) is 0 Å². The minimum atomic E-state index is -0.626. The lowest BCUT2D eigenvalue weighted by Crippen LogP contribution is -2.39. The minimum Gasteiger partial charge on any atom is -0.491 e. The molecule has 38 heavy (non-hydrogen) atoms. The van der Waals surface area contributed by atoms with Crippen LogP contribution in [-0.4, -0.2) is 47.0 Å². The molecule has 5 rings (SSSR count). The van der Waals surface area contributed by atoms with Gasteiger partial charge in [0.1, 0.15) is 18.2 Å². The second-order valence-electron chi connectivity index (χ2n) is 11.1. The number of aryl methyl sites for hydroxylation is 2. The Kier molecular flexibility index (Phi) is 7.75. The zero-order valence-corrected chi connectivity index (χ0v) is 22.5. The molecule has 1 atom stereocenters. The summed E-state index contributed by atoms with van der Waals surface area (Å²) in [5, 5.41) is 17.8. The number of H-pyrrole nitrogens is 1. The number of hydrogen-bond acceptors (Lipinski definition) is 5. The number of aromatic amines is 1. The van der Waals surface area contributed by atoms with Gasteiger partial charge in [-0.2, -0.15) is 0 Å². The molecule has 2 heterocycles. The number of nitrogens with one attached hydrogen (secondary N) is 3. The van der Waals surface area contributed by atoms with Crippen molar-refractivity contribution in [1.82, 2.24) is 10.3 Å². The maximum absolute atomic E-state index is 14.8. The lowest BCUT2D eigenvalue weighted by molar-refractivity contribution is 0.0140. The number of anilines is 1. The molecule has 1 aliphatic carbocycles. The van der Waals surface area contributed by atoms with Crippen molar-refractivity contribution < 1.29 is 23.8 Å². The molecule has 1 saturated heterocycles. The van der Waals surface area contributed by atoms with Gasteiger partial charge in [0.05, 0.1) is 22.8 Å². The van der Waals surface area contributed by atoms with E-state index in [1.54, 1.807) is 6.07 Å². The summed E-state index contributed by atoms with van der Waals surface area (Å²) in [7, 11) is 0. The predicted molar refractivity (Wildman–Crippen MR) is 146 cm³/mol. The topological polar surface area (TPSA) is 95.6 Å². The van der Waals surface area contributed by atoms with Crippen LogP contribution >= 0.6 is 0 Å². The molecule has 0 spiro atoms. The third-order valence-corrected chi connectivity index (χ3v) is 8.12. The molecular formula is C30H38FN3O4. The fourth-order valence-electron chi connectivity index (χ4n) is 5.52. The van der Waals surface area contributed by atoms with Crippen molar-refractivity contribution in [3.8, 4) is 5.75 Å². The van der Waals surface area contributed by atoms with E-state index in [9.17, 15) is 14.3 Å². The fourth-order valence-corrected chi connectivity index (χ4v) is 5.52. The number of fused-ring (bicyclic) bond motifs is 1. The van der Waals surface area contributed by atoms with Crippen molar-refractivity contribution in [3.05, 3.63) is 58.5 Å². The summed E-state index contributed by atoms with van der Waals surface area (Å²) >= 11 is 0. The highest BCUT2D eigenvalue weighted by molar-refractivity contribution is 6.06. The highest BCUT2D eigenvalue weighted by atomic mass is 19.1. The molecule has 2 aromatic carbocycles. The first-order valence-corrected chi connectivity index (χ1v) is 13.6. The first kappa shape index (κ1) is 26.7. The molecular weight excluding hydrogens is 485 g/mol. The van der Waals surface area contributed by atoms with Crippen LogP contribution < -0.4 is 15.4 Å². The average molecular weight is 524 g/mol. The Hall–Kier alpha value is -2.94. The zero-order chi connectivity index (χ0) is 26.9. The molecule has 8 heteroatoms. The SMILES string of the molecule is Cc1c(CN[C@H]2CC[C@](C)(O)CC2)[nH]c2c(C)c(NC(=O)c3ccc(OC[C@@H]4CCCO4)cc3F)ccc12. The number of hydrogen-bond donors (Lipinski definition) is 4. The Balaban J connectivity index is 1.24. The monoisotopic (exact) mass is 523 g/mol. The molecule has 1 aromatic heterocycles. The first-order chi connectivity index (χ1) is 18.2. The van der Waals surface area contributed by atoms with E-state index < -0.39 is 17.3 Å². The Labute approximate surface area is 223 Å². The Morgan fingerprint density at radius 1 is 1.18 bits per heavy atom. The molecule has 1 saturated carbocycles. The number of carbonyl (C=O) groups excluding carboxylic acids is 1. The molecule has 3 aromatic rings. The molecule has 2 fully saturated rings. The number of halogens is 1. The second kappa shape index (κ2) is 11.0. The van der Waals surface area contributed by atoms with Gasteiger partial charge in [0.2, 0.25) is 0 Å². The Morgan fingerprint density at radius 2 is 1.97 bits per heavy atom. The molecule has 0 bridgehead atoms. The van der Waals surface area contributed by atoms with Gasteiger partial charge in [-0.25, -0.2) is 4.39 Å². The third-order valence-electron chi connectivity index (χ3n) is 8.12. The summed E-state index contributed by atoms with van der Waals surface area (Å²) < 4.78 is 26.0. The molecule has 4 N–H and O–H groups in total. The van der Waals surface area contributed by atoms with Crippen LogP contribution in [0.3, 0.4) is 0 Å². The lowest BCUT2D eigenvalue weighted by Gasteiger charge is -2.33. The van der Waals surface area contributed by atoms with Crippen LogP contribution in [0.5, 0.6) is 5.75 Å². The van der Waals surface area contributed by atoms with E-state index in [4.69, 9.17) is 9.47 Å². The van der Waals surface area contributed by atoms with Gasteiger partial charge < -0.3 is 30.2 Å². The van der Waals surface area contributed by atoms with Gasteiger partial charge in [-0.15, -0.1) is 0 Å². The molecule has 7 nitrogen and oxygen atoms in total. The average Bonchev–Trinajstić information content (AvgIpc) is 3.52. The zero-order valence-electron chi connectivity index (χ0n) is 22.5. The molecule has 0 radical (unpaired) electrons. The third kappa shape index (κ3) is 5.87. The summed E-state index contributed by atoms with van der Waals surface area (Å²) in [6, 6.07) is 8.57. The van der Waals surface area contributed by atoms with E-state index in [1.807, 2.05) is 26.0 Å². The number of ether oxygens (including phenoxy) is 2. The van der Waals surface area contributed by atoms with E-state index in [-0.39, 0.29) is 11.7 Å². The van der Waals surface area contributed by atoms with Gasteiger partial charge >= 0.3 is 0 Å². The highest BCUT2D eigenvalue weighted by Gasteiger charge is 2.28. The van der Waals surface area contributed by atoms with Gasteiger partial charge in [0.25, 0.3) is 5.91 Å². The molecule has 2 aliphatic rings. The van der Waals surface area contributed by atoms with Crippen molar-refractivity contribution in [1.29, 1.82) is 0 Å². The van der Waals surface area contributed by atoms with Crippen molar-refractivity contribution >= 4 is 22.5 Å². The molecule has 1 amide bonds. The number of carbonyl (C=O) groups is 1. The normalized spacial score (nSPS) is 23.6. The van der Waals surface area contributed by atoms with Crippen LogP contribution in [0.4, 0.5) is 10.1 Å². The van der Waals surface area contributed by atoms with E-state index in [0.717, 1.165) is 67.3 Å². The van der Waals surface area contributed by atoms with Crippen molar-refractivity contribution in [2.75, 3.05) is 18.5 Å². The quantitative estimate of drug-likeness (QED) is 0.312. The maximum atomic E-state index is 14.8. The van der Waals surface area contributed by atoms with E-state index >= 15 is 0 Å². The van der Waals surface area contributed by atoms with Crippen LogP contribution in [0.25, 0.3) is 10.9 Å². The summed E-state index contributed by atoms with van der Waals surface area (Å²) in [4.78, 5) is 16.5. The largest absolute Gasteiger partial charge is 0.491 e. The lowest BCUT2D eigenvalue weighted by atomic mass is 9.83. The van der Waals surface area contributed by atoms with Crippen LogP contribution in [-0.2, 0) is 11.3 Å².